The summed E-state index contributed by atoms with van der Waals surface area (Å²) in [4.78, 5) is 0.676. The van der Waals surface area contributed by atoms with Crippen molar-refractivity contribution in [2.75, 3.05) is 0 Å². The van der Waals surface area contributed by atoms with E-state index in [9.17, 15) is 4.21 Å². The molecular weight excluding hydrogens is 238 g/mol. The Kier molecular flexibility index (Phi) is 3.62. The van der Waals surface area contributed by atoms with Crippen LogP contribution in [-0.2, 0) is 16.1 Å². The van der Waals surface area contributed by atoms with Gasteiger partial charge in [0.05, 0.1) is 16.3 Å². The van der Waals surface area contributed by atoms with E-state index in [-0.39, 0.29) is 0 Å². The molecule has 1 atom stereocenters. The van der Waals surface area contributed by atoms with Crippen LogP contribution < -0.4 is 0 Å². The van der Waals surface area contributed by atoms with Crippen molar-refractivity contribution in [3.8, 4) is 0 Å². The van der Waals surface area contributed by atoms with Crippen molar-refractivity contribution in [1.29, 1.82) is 5.41 Å². The molecule has 0 saturated heterocycles. The van der Waals surface area contributed by atoms with Gasteiger partial charge in [-0.1, -0.05) is 28.1 Å². The van der Waals surface area contributed by atoms with Crippen LogP contribution in [0.4, 0.5) is 0 Å². The third kappa shape index (κ3) is 2.25. The van der Waals surface area contributed by atoms with Gasteiger partial charge in [0.2, 0.25) is 0 Å². The molecule has 1 rings (SSSR count). The lowest BCUT2D eigenvalue weighted by molar-refractivity contribution is 0.690. The summed E-state index contributed by atoms with van der Waals surface area (Å²) in [5.41, 5.74) is 2.07. The summed E-state index contributed by atoms with van der Waals surface area (Å²) in [6.07, 6.45) is 0. The summed E-state index contributed by atoms with van der Waals surface area (Å²) in [5, 5.41) is 7.61. The van der Waals surface area contributed by atoms with Crippen LogP contribution in [0.1, 0.15) is 5.56 Å². The number of hydrogen-bond acceptors (Lipinski definition) is 2. The van der Waals surface area contributed by atoms with Gasteiger partial charge in [-0.3, -0.25) is 5.41 Å². The molecule has 0 radical (unpaired) electrons. The van der Waals surface area contributed by atoms with Crippen molar-refractivity contribution < 1.29 is 4.21 Å². The van der Waals surface area contributed by atoms with Crippen LogP contribution in [0.3, 0.4) is 0 Å². The highest BCUT2D eigenvalue weighted by Gasteiger charge is 1.98. The highest BCUT2D eigenvalue weighted by molar-refractivity contribution is 9.08. The molecule has 1 unspecified atom stereocenters. The highest BCUT2D eigenvalue weighted by Crippen LogP contribution is 2.10. The summed E-state index contributed by atoms with van der Waals surface area (Å²) < 4.78 is 11.1. The molecule has 0 amide bonds. The molecule has 1 aromatic carbocycles. The fraction of sp³-hybridized carbons (Fsp3) is 0.125. The molecule has 0 aliphatic carbocycles. The number of benzene rings is 1. The number of alkyl halides is 1. The molecule has 64 valence electrons. The van der Waals surface area contributed by atoms with E-state index in [1.54, 1.807) is 12.1 Å². The van der Waals surface area contributed by atoms with Gasteiger partial charge >= 0.3 is 0 Å². The second-order valence-corrected chi connectivity index (χ2v) is 4.06. The summed E-state index contributed by atoms with van der Waals surface area (Å²) in [7, 11) is -1.27. The highest BCUT2D eigenvalue weighted by atomic mass is 79.9. The van der Waals surface area contributed by atoms with E-state index in [1.165, 1.54) is 0 Å². The first kappa shape index (κ1) is 9.61. The fourth-order valence-electron chi connectivity index (χ4n) is 0.781. The third-order valence-corrected chi connectivity index (χ3v) is 3.02. The van der Waals surface area contributed by atoms with Crippen LogP contribution >= 0.6 is 15.9 Å². The molecule has 0 aromatic heterocycles. The van der Waals surface area contributed by atoms with E-state index in [0.717, 1.165) is 16.4 Å². The minimum atomic E-state index is -1.27. The number of hydrogen-bond donors (Lipinski definition) is 1. The van der Waals surface area contributed by atoms with Gasteiger partial charge < -0.3 is 0 Å². The smallest absolute Gasteiger partial charge is 0.0954 e. The van der Waals surface area contributed by atoms with Crippen molar-refractivity contribution in [3.63, 3.8) is 0 Å². The van der Waals surface area contributed by atoms with E-state index >= 15 is 0 Å². The molecule has 4 heteroatoms. The predicted octanol–water partition coefficient (Wildman–Crippen LogP) is 2.30. The Morgan fingerprint density at radius 2 is 2.00 bits per heavy atom. The Morgan fingerprint density at radius 1 is 1.42 bits per heavy atom. The molecule has 1 aromatic rings. The number of halogens is 1. The largest absolute Gasteiger partial charge is 0.299 e. The first-order chi connectivity index (χ1) is 5.77. The fourth-order valence-corrected chi connectivity index (χ4v) is 1.69. The molecule has 12 heavy (non-hydrogen) atoms. The van der Waals surface area contributed by atoms with Crippen LogP contribution in [0.15, 0.2) is 29.2 Å². The van der Waals surface area contributed by atoms with E-state index in [0.29, 0.717) is 4.90 Å². The normalized spacial score (nSPS) is 12.4. The summed E-state index contributed by atoms with van der Waals surface area (Å²) in [6, 6.07) is 7.34. The molecular formula is C8H8BrNOS. The number of rotatable bonds is 3. The Balaban J connectivity index is 2.91. The minimum absolute atomic E-state index is 0.676. The standard InChI is InChI=1S/C8H8BrNOS/c9-5-7-1-3-8(4-2-7)12(11)6-10/h1-4,6,10H,5H2. The second kappa shape index (κ2) is 4.52. The Labute approximate surface area is 82.1 Å². The van der Waals surface area contributed by atoms with Gasteiger partial charge in [0.1, 0.15) is 0 Å². The third-order valence-electron chi connectivity index (χ3n) is 1.42. The van der Waals surface area contributed by atoms with Crippen molar-refractivity contribution in [2.24, 2.45) is 0 Å². The van der Waals surface area contributed by atoms with Crippen molar-refractivity contribution in [2.45, 2.75) is 10.2 Å². The maximum absolute atomic E-state index is 11.1. The predicted molar refractivity (Wildman–Crippen MR) is 54.3 cm³/mol. The minimum Gasteiger partial charge on any atom is -0.299 e. The first-order valence-electron chi connectivity index (χ1n) is 3.34. The lowest BCUT2D eigenvalue weighted by Gasteiger charge is -1.97. The maximum atomic E-state index is 11.1. The van der Waals surface area contributed by atoms with Crippen LogP contribution in [0.2, 0.25) is 0 Å². The SMILES string of the molecule is N=CS(=O)c1ccc(CBr)cc1. The molecule has 0 fully saturated rings. The molecule has 2 nitrogen and oxygen atoms in total. The zero-order chi connectivity index (χ0) is 8.97. The van der Waals surface area contributed by atoms with E-state index in [2.05, 4.69) is 15.9 Å². The maximum Gasteiger partial charge on any atom is 0.0954 e. The molecule has 1 N–H and O–H groups in total. The van der Waals surface area contributed by atoms with Crippen LogP contribution in [0.25, 0.3) is 0 Å². The molecule has 0 spiro atoms. The number of nitrogens with one attached hydrogen (secondary N) is 1. The molecule has 0 saturated carbocycles. The van der Waals surface area contributed by atoms with Gasteiger partial charge in [0.15, 0.2) is 0 Å². The summed E-state index contributed by atoms with van der Waals surface area (Å²) in [5.74, 6) is 0. The van der Waals surface area contributed by atoms with Crippen molar-refractivity contribution in [1.82, 2.24) is 0 Å². The van der Waals surface area contributed by atoms with Gasteiger partial charge in [-0.25, -0.2) is 4.21 Å². The Bertz CT molecular complexity index is 296. The summed E-state index contributed by atoms with van der Waals surface area (Å²) in [6.45, 7) is 0. The van der Waals surface area contributed by atoms with Gasteiger partial charge in [-0.2, -0.15) is 0 Å². The molecule has 0 aliphatic rings. The molecule has 0 aliphatic heterocycles. The lowest BCUT2D eigenvalue weighted by Crippen LogP contribution is -1.90. The average molecular weight is 246 g/mol. The summed E-state index contributed by atoms with van der Waals surface area (Å²) >= 11 is 3.32. The monoisotopic (exact) mass is 245 g/mol. The quantitative estimate of drug-likeness (QED) is 0.496. The van der Waals surface area contributed by atoms with E-state index in [4.69, 9.17) is 5.41 Å². The van der Waals surface area contributed by atoms with Crippen molar-refractivity contribution >= 4 is 32.3 Å². The van der Waals surface area contributed by atoms with Crippen LogP contribution in [0, 0.1) is 5.41 Å². The zero-order valence-electron chi connectivity index (χ0n) is 6.29. The molecule has 0 bridgehead atoms. The van der Waals surface area contributed by atoms with Gasteiger partial charge in [0, 0.05) is 10.2 Å². The Morgan fingerprint density at radius 3 is 2.42 bits per heavy atom. The molecule has 0 heterocycles. The second-order valence-electron chi connectivity index (χ2n) is 2.19. The van der Waals surface area contributed by atoms with Crippen LogP contribution in [-0.4, -0.2) is 9.76 Å². The van der Waals surface area contributed by atoms with E-state index < -0.39 is 10.8 Å². The topological polar surface area (TPSA) is 40.9 Å². The van der Waals surface area contributed by atoms with Gasteiger partial charge in [-0.15, -0.1) is 0 Å². The van der Waals surface area contributed by atoms with Gasteiger partial charge in [-0.05, 0) is 17.7 Å². The van der Waals surface area contributed by atoms with Crippen molar-refractivity contribution in [3.05, 3.63) is 29.8 Å². The first-order valence-corrected chi connectivity index (χ1v) is 5.67. The van der Waals surface area contributed by atoms with Gasteiger partial charge in [0.25, 0.3) is 0 Å². The zero-order valence-corrected chi connectivity index (χ0v) is 8.69. The lowest BCUT2D eigenvalue weighted by atomic mass is 10.2. The van der Waals surface area contributed by atoms with E-state index in [1.807, 2.05) is 12.1 Å². The Hall–Kier alpha value is -0.480. The average Bonchev–Trinajstić information content (AvgIpc) is 2.17. The van der Waals surface area contributed by atoms with Crippen LogP contribution in [0.5, 0.6) is 0 Å².